The summed E-state index contributed by atoms with van der Waals surface area (Å²) in [5.74, 6) is 2.24. The molecule has 2 aromatic carbocycles. The van der Waals surface area contributed by atoms with Gasteiger partial charge in [0.25, 0.3) is 5.91 Å². The highest BCUT2D eigenvalue weighted by Crippen LogP contribution is 2.39. The molecular formula is C25H25N3O6. The van der Waals surface area contributed by atoms with Crippen molar-refractivity contribution in [3.05, 3.63) is 64.9 Å². The van der Waals surface area contributed by atoms with Crippen molar-refractivity contribution in [3.63, 3.8) is 0 Å². The number of amides is 1. The molecule has 0 bridgehead atoms. The maximum atomic E-state index is 12.5. The molecule has 9 heteroatoms. The molecule has 4 rings (SSSR count). The van der Waals surface area contributed by atoms with Crippen molar-refractivity contribution in [1.29, 1.82) is 5.41 Å². The van der Waals surface area contributed by atoms with Crippen LogP contribution >= 0.6 is 0 Å². The van der Waals surface area contributed by atoms with Gasteiger partial charge in [-0.1, -0.05) is 18.2 Å². The molecule has 0 saturated carbocycles. The van der Waals surface area contributed by atoms with E-state index in [0.717, 1.165) is 11.3 Å². The van der Waals surface area contributed by atoms with E-state index < -0.39 is 5.91 Å². The Balaban J connectivity index is 1.53. The number of carbonyl (C=O) groups excluding carboxylic acids is 1. The van der Waals surface area contributed by atoms with Crippen LogP contribution in [0.3, 0.4) is 0 Å². The Bertz CT molecular complexity index is 1210. The van der Waals surface area contributed by atoms with Gasteiger partial charge in [-0.2, -0.15) is 4.99 Å². The van der Waals surface area contributed by atoms with Crippen LogP contribution in [-0.2, 0) is 9.63 Å². The zero-order valence-electron chi connectivity index (χ0n) is 19.4. The number of hydroxylamine groups is 2. The molecule has 0 aliphatic carbocycles. The number of rotatable bonds is 8. The van der Waals surface area contributed by atoms with Gasteiger partial charge in [0, 0.05) is 6.08 Å². The first-order chi connectivity index (χ1) is 16.4. The summed E-state index contributed by atoms with van der Waals surface area (Å²) in [4.78, 5) is 22.0. The number of hydrogen-bond donors (Lipinski definition) is 1. The Morgan fingerprint density at radius 1 is 1.03 bits per heavy atom. The van der Waals surface area contributed by atoms with Gasteiger partial charge >= 0.3 is 0 Å². The fraction of sp³-hybridized carbons (Fsp3) is 0.240. The number of hydrogen-bond acceptors (Lipinski definition) is 7. The van der Waals surface area contributed by atoms with E-state index in [-0.39, 0.29) is 23.9 Å². The molecule has 1 amide bonds. The number of aryl methyl sites for hydroxylation is 1. The average Bonchev–Trinajstić information content (AvgIpc) is 3.20. The molecule has 0 spiro atoms. The maximum absolute atomic E-state index is 12.5. The molecule has 2 aromatic rings. The lowest BCUT2D eigenvalue weighted by atomic mass is 10.1. The summed E-state index contributed by atoms with van der Waals surface area (Å²) in [6.45, 7) is 4.30. The van der Waals surface area contributed by atoms with E-state index in [2.05, 4.69) is 4.99 Å². The van der Waals surface area contributed by atoms with E-state index in [1.807, 2.05) is 31.2 Å². The number of nitrogens with one attached hydrogen (secondary N) is 1. The van der Waals surface area contributed by atoms with Gasteiger partial charge in [-0.05, 0) is 49.2 Å². The molecular weight excluding hydrogens is 438 g/mol. The lowest BCUT2D eigenvalue weighted by Gasteiger charge is -2.23. The molecule has 176 valence electrons. The molecule has 1 N–H and O–H groups in total. The number of para-hydroxylation sites is 1. The van der Waals surface area contributed by atoms with Gasteiger partial charge in [0.15, 0.2) is 23.2 Å². The highest BCUT2D eigenvalue weighted by Gasteiger charge is 2.34. The molecule has 0 radical (unpaired) electrons. The smallest absolute Gasteiger partial charge is 0.282 e. The number of benzene rings is 2. The van der Waals surface area contributed by atoms with Crippen LogP contribution in [-0.4, -0.2) is 50.1 Å². The Hall–Kier alpha value is -4.27. The summed E-state index contributed by atoms with van der Waals surface area (Å²) in [6, 6.07) is 11.1. The molecule has 0 unspecified atom stereocenters. The highest BCUT2D eigenvalue weighted by molar-refractivity contribution is 6.32. The summed E-state index contributed by atoms with van der Waals surface area (Å²) < 4.78 is 22.7. The summed E-state index contributed by atoms with van der Waals surface area (Å²) in [5.41, 5.74) is 1.70. The number of nitrogens with zero attached hydrogens (tertiary/aromatic N) is 2. The summed E-state index contributed by atoms with van der Waals surface area (Å²) in [6.07, 6.45) is 3.14. The number of aliphatic imine (C=N–C) groups is 1. The van der Waals surface area contributed by atoms with Crippen LogP contribution in [0.15, 0.2) is 58.8 Å². The molecule has 2 aliphatic heterocycles. The van der Waals surface area contributed by atoms with E-state index >= 15 is 0 Å². The third-order valence-electron chi connectivity index (χ3n) is 5.16. The van der Waals surface area contributed by atoms with Gasteiger partial charge < -0.3 is 23.8 Å². The summed E-state index contributed by atoms with van der Waals surface area (Å²) in [7, 11) is 3.03. The zero-order valence-corrected chi connectivity index (χ0v) is 19.4. The van der Waals surface area contributed by atoms with Crippen molar-refractivity contribution >= 4 is 23.7 Å². The normalized spacial score (nSPS) is 16.0. The molecule has 9 nitrogen and oxygen atoms in total. The fourth-order valence-corrected chi connectivity index (χ4v) is 3.51. The monoisotopic (exact) mass is 463 g/mol. The lowest BCUT2D eigenvalue weighted by molar-refractivity contribution is -0.114. The second-order valence-electron chi connectivity index (χ2n) is 7.54. The predicted octanol–water partition coefficient (Wildman–Crippen LogP) is 3.92. The zero-order chi connectivity index (χ0) is 24.2. The van der Waals surface area contributed by atoms with E-state index in [1.165, 1.54) is 25.4 Å². The number of amidine groups is 2. The quantitative estimate of drug-likeness (QED) is 0.468. The molecule has 2 heterocycles. The highest BCUT2D eigenvalue weighted by atomic mass is 16.7. The first kappa shape index (κ1) is 22.9. The van der Waals surface area contributed by atoms with Gasteiger partial charge in [0.05, 0.1) is 19.8 Å². The SMILES string of the molecule is COc1cc(/C=C2/C(=N)N3OC(C)=CC3=NC2=O)cc(OC)c1OCCOc1ccccc1C. The lowest BCUT2D eigenvalue weighted by Crippen LogP contribution is -2.38. The van der Waals surface area contributed by atoms with Crippen LogP contribution < -0.4 is 18.9 Å². The Morgan fingerprint density at radius 3 is 2.38 bits per heavy atom. The van der Waals surface area contributed by atoms with E-state index in [9.17, 15) is 4.79 Å². The number of fused-ring (bicyclic) bond motifs is 1. The van der Waals surface area contributed by atoms with Crippen LogP contribution in [0.1, 0.15) is 18.1 Å². The van der Waals surface area contributed by atoms with Gasteiger partial charge in [-0.15, -0.1) is 5.06 Å². The van der Waals surface area contributed by atoms with Gasteiger partial charge in [-0.3, -0.25) is 10.2 Å². The number of allylic oxidation sites excluding steroid dienone is 1. The minimum atomic E-state index is -0.530. The van der Waals surface area contributed by atoms with E-state index in [0.29, 0.717) is 35.2 Å². The van der Waals surface area contributed by atoms with Crippen molar-refractivity contribution in [2.75, 3.05) is 27.4 Å². The molecule has 0 saturated heterocycles. The minimum Gasteiger partial charge on any atom is -0.493 e. The molecule has 34 heavy (non-hydrogen) atoms. The third-order valence-corrected chi connectivity index (χ3v) is 5.16. The molecule has 0 atom stereocenters. The summed E-state index contributed by atoms with van der Waals surface area (Å²) in [5, 5.41) is 9.59. The fourth-order valence-electron chi connectivity index (χ4n) is 3.51. The molecule has 0 fully saturated rings. The predicted molar refractivity (Wildman–Crippen MR) is 127 cm³/mol. The maximum Gasteiger partial charge on any atom is 0.282 e. The Morgan fingerprint density at radius 2 is 1.71 bits per heavy atom. The largest absolute Gasteiger partial charge is 0.493 e. The van der Waals surface area contributed by atoms with Gasteiger partial charge in [-0.25, -0.2) is 0 Å². The first-order valence-electron chi connectivity index (χ1n) is 10.6. The Kier molecular flexibility index (Phi) is 6.53. The second-order valence-corrected chi connectivity index (χ2v) is 7.54. The minimum absolute atomic E-state index is 0.0799. The second kappa shape index (κ2) is 9.70. The van der Waals surface area contributed by atoms with E-state index in [1.54, 1.807) is 25.1 Å². The third kappa shape index (κ3) is 4.59. The van der Waals surface area contributed by atoms with E-state index in [4.69, 9.17) is 29.2 Å². The van der Waals surface area contributed by atoms with Crippen LogP contribution in [0.2, 0.25) is 0 Å². The van der Waals surface area contributed by atoms with Crippen molar-refractivity contribution in [3.8, 4) is 23.0 Å². The topological polar surface area (TPSA) is 103 Å². The van der Waals surface area contributed by atoms with Gasteiger partial charge in [0.1, 0.15) is 24.7 Å². The van der Waals surface area contributed by atoms with Crippen LogP contribution in [0.25, 0.3) is 6.08 Å². The van der Waals surface area contributed by atoms with Crippen molar-refractivity contribution in [1.82, 2.24) is 5.06 Å². The number of ether oxygens (including phenoxy) is 4. The standard InChI is InChI=1S/C25H25N3O6/c1-15-7-5-6-8-19(15)32-9-10-33-23-20(30-3)13-17(14-21(23)31-4)12-18-24(26)28-22(27-25(18)29)11-16(2)34-28/h5-8,11-14,26H,9-10H2,1-4H3/b18-12-,26-24?. The van der Waals surface area contributed by atoms with Crippen LogP contribution in [0.4, 0.5) is 0 Å². The van der Waals surface area contributed by atoms with Crippen molar-refractivity contribution in [2.45, 2.75) is 13.8 Å². The Labute approximate surface area is 197 Å². The number of carbonyl (C=O) groups is 1. The number of methoxy groups -OCH3 is 2. The van der Waals surface area contributed by atoms with Crippen LogP contribution in [0.5, 0.6) is 23.0 Å². The summed E-state index contributed by atoms with van der Waals surface area (Å²) >= 11 is 0. The molecule has 2 aliphatic rings. The van der Waals surface area contributed by atoms with Crippen molar-refractivity contribution in [2.24, 2.45) is 4.99 Å². The average molecular weight is 463 g/mol. The van der Waals surface area contributed by atoms with Gasteiger partial charge in [0.2, 0.25) is 5.75 Å². The van der Waals surface area contributed by atoms with Crippen LogP contribution in [0, 0.1) is 12.3 Å². The van der Waals surface area contributed by atoms with Crippen molar-refractivity contribution < 1.29 is 28.6 Å². The molecule has 0 aromatic heterocycles. The first-order valence-corrected chi connectivity index (χ1v) is 10.6.